The van der Waals surface area contributed by atoms with E-state index >= 15 is 0 Å². The van der Waals surface area contributed by atoms with Crippen molar-refractivity contribution < 1.29 is 9.59 Å². The molecule has 5 aromatic rings. The van der Waals surface area contributed by atoms with Crippen LogP contribution in [0.2, 0.25) is 10.2 Å². The second-order valence-electron chi connectivity index (χ2n) is 9.93. The molecule has 0 spiro atoms. The summed E-state index contributed by atoms with van der Waals surface area (Å²) < 4.78 is 1.51. The van der Waals surface area contributed by atoms with Crippen LogP contribution in [0.4, 0.5) is 0 Å². The molecule has 12 nitrogen and oxygen atoms in total. The van der Waals surface area contributed by atoms with Crippen molar-refractivity contribution in [2.45, 2.75) is 45.7 Å². The smallest absolute Gasteiger partial charge is 0.222 e. The van der Waals surface area contributed by atoms with E-state index < -0.39 is 6.04 Å². The zero-order chi connectivity index (χ0) is 30.3. The molecule has 0 fully saturated rings. The first-order valence-electron chi connectivity index (χ1n) is 13.4. The Balaban J connectivity index is 1.32. The number of H-pyrrole nitrogens is 1. The van der Waals surface area contributed by atoms with Crippen LogP contribution in [0.25, 0.3) is 16.9 Å². The van der Waals surface area contributed by atoms with Crippen molar-refractivity contribution in [1.82, 2.24) is 50.8 Å². The second kappa shape index (κ2) is 13.5. The van der Waals surface area contributed by atoms with Crippen LogP contribution in [-0.2, 0) is 22.6 Å². The van der Waals surface area contributed by atoms with Crippen LogP contribution >= 0.6 is 23.2 Å². The summed E-state index contributed by atoms with van der Waals surface area (Å²) in [6, 6.07) is 12.2. The van der Waals surface area contributed by atoms with E-state index in [-0.39, 0.29) is 31.2 Å². The zero-order valence-electron chi connectivity index (χ0n) is 23.4. The van der Waals surface area contributed by atoms with Crippen LogP contribution in [0.5, 0.6) is 0 Å². The van der Waals surface area contributed by atoms with E-state index in [4.69, 9.17) is 23.2 Å². The number of benzene rings is 2. The van der Waals surface area contributed by atoms with E-state index in [1.807, 2.05) is 38.1 Å². The van der Waals surface area contributed by atoms with Crippen LogP contribution in [0.15, 0.2) is 61.2 Å². The molecule has 3 heterocycles. The summed E-state index contributed by atoms with van der Waals surface area (Å²) in [5.74, 6) is -0.251. The maximum Gasteiger partial charge on any atom is 0.222 e. The Kier molecular flexibility index (Phi) is 9.38. The average molecular weight is 620 g/mol. The van der Waals surface area contributed by atoms with Gasteiger partial charge in [-0.1, -0.05) is 53.0 Å². The third-order valence-corrected chi connectivity index (χ3v) is 7.13. The molecular formula is C29H28Cl2N10O2. The summed E-state index contributed by atoms with van der Waals surface area (Å²) in [6.07, 6.45) is 5.07. The van der Waals surface area contributed by atoms with Gasteiger partial charge in [0.05, 0.1) is 42.3 Å². The van der Waals surface area contributed by atoms with E-state index in [0.717, 1.165) is 22.4 Å². The summed E-state index contributed by atoms with van der Waals surface area (Å²) in [5, 5.41) is 17.9. The number of carbonyl (C=O) groups excluding carboxylic acids is 2. The first-order chi connectivity index (χ1) is 20.7. The Hall–Kier alpha value is -4.68. The first kappa shape index (κ1) is 29.8. The molecule has 2 aromatic carbocycles. The van der Waals surface area contributed by atoms with Gasteiger partial charge in [0, 0.05) is 23.2 Å². The van der Waals surface area contributed by atoms with Crippen LogP contribution in [0.3, 0.4) is 0 Å². The molecule has 0 saturated carbocycles. The van der Waals surface area contributed by atoms with E-state index in [0.29, 0.717) is 39.5 Å². The predicted molar refractivity (Wildman–Crippen MR) is 160 cm³/mol. The van der Waals surface area contributed by atoms with Crippen molar-refractivity contribution in [3.05, 3.63) is 99.7 Å². The average Bonchev–Trinajstić information content (AvgIpc) is 3.66. The number of nitrogens with one attached hydrogen (secondary N) is 3. The van der Waals surface area contributed by atoms with Crippen molar-refractivity contribution in [1.29, 1.82) is 0 Å². The van der Waals surface area contributed by atoms with E-state index in [2.05, 4.69) is 46.1 Å². The molecule has 0 bridgehead atoms. The first-order valence-corrected chi connectivity index (χ1v) is 14.2. The van der Waals surface area contributed by atoms with Crippen LogP contribution in [-0.4, -0.2) is 52.0 Å². The van der Waals surface area contributed by atoms with Gasteiger partial charge in [0.25, 0.3) is 0 Å². The van der Waals surface area contributed by atoms with E-state index in [1.54, 1.807) is 30.6 Å². The lowest BCUT2D eigenvalue weighted by molar-refractivity contribution is -0.123. The van der Waals surface area contributed by atoms with Gasteiger partial charge in [-0.2, -0.15) is 0 Å². The number of carbonyl (C=O) groups is 2. The molecule has 220 valence electrons. The number of aryl methyl sites for hydroxylation is 3. The van der Waals surface area contributed by atoms with Gasteiger partial charge >= 0.3 is 0 Å². The van der Waals surface area contributed by atoms with Crippen molar-refractivity contribution in [3.8, 4) is 16.9 Å². The Morgan fingerprint density at radius 3 is 2.56 bits per heavy atom. The number of aromatic amines is 1. The molecule has 3 N–H and O–H groups in total. The summed E-state index contributed by atoms with van der Waals surface area (Å²) >= 11 is 12.8. The molecule has 0 radical (unpaired) electrons. The normalized spacial score (nSPS) is 11.7. The number of rotatable bonds is 11. The topological polar surface area (TPSA) is 156 Å². The molecule has 0 aliphatic heterocycles. The highest BCUT2D eigenvalue weighted by atomic mass is 35.5. The SMILES string of the molecule is Cc1ccc(-c2nc([C@H](CC(=O)NCc3cnc(C)cn3)NC(=O)CCc3cc(Cl)ccc3-n3cnnn3)[nH]c2Cl)cc1. The van der Waals surface area contributed by atoms with E-state index in [9.17, 15) is 9.59 Å². The van der Waals surface area contributed by atoms with Crippen molar-refractivity contribution in [2.75, 3.05) is 0 Å². The lowest BCUT2D eigenvalue weighted by Crippen LogP contribution is -2.34. The highest BCUT2D eigenvalue weighted by Gasteiger charge is 2.24. The molecule has 1 atom stereocenters. The molecular weight excluding hydrogens is 591 g/mol. The molecule has 0 saturated heterocycles. The summed E-state index contributed by atoms with van der Waals surface area (Å²) in [6.45, 7) is 4.01. The summed E-state index contributed by atoms with van der Waals surface area (Å²) in [7, 11) is 0. The Morgan fingerprint density at radius 2 is 1.84 bits per heavy atom. The minimum absolute atomic E-state index is 0.0880. The second-order valence-corrected chi connectivity index (χ2v) is 10.7. The fraction of sp³-hybridized carbons (Fsp3) is 0.241. The minimum atomic E-state index is -0.786. The Bertz CT molecular complexity index is 1700. The monoisotopic (exact) mass is 618 g/mol. The maximum atomic E-state index is 13.3. The number of hydrogen-bond acceptors (Lipinski definition) is 8. The van der Waals surface area contributed by atoms with Gasteiger partial charge in [0.2, 0.25) is 11.8 Å². The highest BCUT2D eigenvalue weighted by Crippen LogP contribution is 2.29. The van der Waals surface area contributed by atoms with Gasteiger partial charge in [-0.05, 0) is 54.5 Å². The molecule has 14 heteroatoms. The van der Waals surface area contributed by atoms with Gasteiger partial charge in [-0.25, -0.2) is 9.67 Å². The molecule has 3 aromatic heterocycles. The van der Waals surface area contributed by atoms with Crippen molar-refractivity contribution >= 4 is 35.0 Å². The largest absolute Gasteiger partial charge is 0.350 e. The maximum absolute atomic E-state index is 13.3. The lowest BCUT2D eigenvalue weighted by atomic mass is 10.1. The van der Waals surface area contributed by atoms with Gasteiger partial charge < -0.3 is 15.6 Å². The molecule has 5 rings (SSSR count). The van der Waals surface area contributed by atoms with Gasteiger partial charge in [0.15, 0.2) is 0 Å². The highest BCUT2D eigenvalue weighted by molar-refractivity contribution is 6.32. The fourth-order valence-corrected chi connectivity index (χ4v) is 4.82. The quantitative estimate of drug-likeness (QED) is 0.198. The van der Waals surface area contributed by atoms with Gasteiger partial charge in [-0.3, -0.25) is 19.6 Å². The summed E-state index contributed by atoms with van der Waals surface area (Å²) in [4.78, 5) is 42.5. The molecule has 0 unspecified atom stereocenters. The number of hydrogen-bond donors (Lipinski definition) is 3. The Labute approximate surface area is 257 Å². The predicted octanol–water partition coefficient (Wildman–Crippen LogP) is 4.26. The fourth-order valence-electron chi connectivity index (χ4n) is 4.37. The van der Waals surface area contributed by atoms with Gasteiger partial charge in [-0.15, -0.1) is 5.10 Å². The van der Waals surface area contributed by atoms with Crippen LogP contribution < -0.4 is 10.6 Å². The van der Waals surface area contributed by atoms with Gasteiger partial charge in [0.1, 0.15) is 23.0 Å². The number of halogens is 2. The minimum Gasteiger partial charge on any atom is -0.350 e. The third-order valence-electron chi connectivity index (χ3n) is 6.62. The number of imidazole rings is 1. The number of tetrazole rings is 1. The third kappa shape index (κ3) is 7.79. The standard InChI is InChI=1S/C29H28Cl2N10O2/c1-17-3-5-19(6-4-17)27-28(31)38-29(37-27)23(12-26(43)34-15-22-14-32-18(2)13-33-22)36-25(42)10-7-20-11-21(30)8-9-24(20)41-16-35-39-40-41/h3-6,8-9,11,13-14,16,23H,7,10,12,15H2,1-2H3,(H,34,43)(H,36,42)(H,37,38)/t23-/m0/s1. The molecule has 0 aliphatic rings. The van der Waals surface area contributed by atoms with Crippen molar-refractivity contribution in [3.63, 3.8) is 0 Å². The van der Waals surface area contributed by atoms with Crippen LogP contribution in [0, 0.1) is 13.8 Å². The number of nitrogens with zero attached hydrogens (tertiary/aromatic N) is 7. The molecule has 43 heavy (non-hydrogen) atoms. The Morgan fingerprint density at radius 1 is 1.02 bits per heavy atom. The van der Waals surface area contributed by atoms with E-state index in [1.165, 1.54) is 11.0 Å². The van der Waals surface area contributed by atoms with Crippen molar-refractivity contribution in [2.24, 2.45) is 0 Å². The number of amides is 2. The van der Waals surface area contributed by atoms with Crippen LogP contribution in [0.1, 0.15) is 47.2 Å². The lowest BCUT2D eigenvalue weighted by Gasteiger charge is -2.17. The molecule has 2 amide bonds. The zero-order valence-corrected chi connectivity index (χ0v) is 24.9. The number of aromatic nitrogens is 8. The summed E-state index contributed by atoms with van der Waals surface area (Å²) in [5.41, 5.74) is 5.31. The molecule has 0 aliphatic carbocycles.